The number of sulfonamides is 1. The predicted molar refractivity (Wildman–Crippen MR) is 152 cm³/mol. The van der Waals surface area contributed by atoms with Crippen LogP contribution in [0.4, 0.5) is 5.13 Å². The molecule has 1 atom stereocenters. The van der Waals surface area contributed by atoms with E-state index in [1.165, 1.54) is 22.7 Å². The number of benzene rings is 3. The lowest BCUT2D eigenvalue weighted by molar-refractivity contribution is -0.116. The average Bonchev–Trinajstić information content (AvgIpc) is 3.35. The third-order valence-corrected chi connectivity index (χ3v) is 9.02. The van der Waals surface area contributed by atoms with E-state index in [4.69, 9.17) is 16.3 Å². The van der Waals surface area contributed by atoms with Crippen LogP contribution in [0.1, 0.15) is 22.9 Å². The van der Waals surface area contributed by atoms with Gasteiger partial charge in [0.1, 0.15) is 12.4 Å². The number of hydrogen-bond acceptors (Lipinski definition) is 7. The van der Waals surface area contributed by atoms with E-state index >= 15 is 0 Å². The van der Waals surface area contributed by atoms with Crippen LogP contribution in [-0.2, 0) is 21.4 Å². The average molecular weight is 636 g/mol. The van der Waals surface area contributed by atoms with Gasteiger partial charge in [0, 0.05) is 35.4 Å². The van der Waals surface area contributed by atoms with Crippen molar-refractivity contribution >= 4 is 59.9 Å². The summed E-state index contributed by atoms with van der Waals surface area (Å²) in [6.45, 7) is 0.312. The molecule has 38 heavy (non-hydrogen) atoms. The number of carbonyl (C=O) groups excluding carboxylic acids is 1. The Labute approximate surface area is 238 Å². The Morgan fingerprint density at radius 2 is 1.74 bits per heavy atom. The number of likely N-dealkylation sites (N-methyl/N-ethyl adjacent to an activating group) is 1. The summed E-state index contributed by atoms with van der Waals surface area (Å²) in [7, 11) is -2.23. The maximum atomic E-state index is 13.1. The van der Waals surface area contributed by atoms with Gasteiger partial charge in [0.05, 0.1) is 4.90 Å². The Hall–Kier alpha value is -2.83. The van der Waals surface area contributed by atoms with E-state index in [1.54, 1.807) is 48.5 Å². The third-order valence-electron chi connectivity index (χ3n) is 5.59. The normalized spacial score (nSPS) is 12.3. The van der Waals surface area contributed by atoms with Gasteiger partial charge in [-0.05, 0) is 54.1 Å². The smallest absolute Gasteiger partial charge is 0.242 e. The van der Waals surface area contributed by atoms with E-state index < -0.39 is 10.0 Å². The van der Waals surface area contributed by atoms with E-state index in [2.05, 4.69) is 31.4 Å². The van der Waals surface area contributed by atoms with Gasteiger partial charge in [0.2, 0.25) is 21.1 Å². The van der Waals surface area contributed by atoms with Gasteiger partial charge in [0.15, 0.2) is 5.01 Å². The number of carbonyl (C=O) groups is 1. The van der Waals surface area contributed by atoms with Crippen LogP contribution < -0.4 is 10.1 Å². The van der Waals surface area contributed by atoms with Crippen LogP contribution in [0.15, 0.2) is 88.2 Å². The number of ether oxygens (including phenoxy) is 1. The quantitative estimate of drug-likeness (QED) is 0.218. The van der Waals surface area contributed by atoms with Crippen molar-refractivity contribution in [1.29, 1.82) is 0 Å². The maximum absolute atomic E-state index is 13.1. The molecule has 1 N–H and O–H groups in total. The van der Waals surface area contributed by atoms with E-state index in [0.29, 0.717) is 20.9 Å². The minimum Gasteiger partial charge on any atom is -0.486 e. The maximum Gasteiger partial charge on any atom is 0.242 e. The Balaban J connectivity index is 1.41. The summed E-state index contributed by atoms with van der Waals surface area (Å²) in [5, 5.41) is 12.4. The zero-order chi connectivity index (χ0) is 27.1. The molecule has 0 saturated carbocycles. The molecule has 8 nitrogen and oxygen atoms in total. The number of amides is 1. The van der Waals surface area contributed by atoms with Gasteiger partial charge < -0.3 is 10.1 Å². The van der Waals surface area contributed by atoms with Crippen molar-refractivity contribution in [3.8, 4) is 5.75 Å². The molecule has 1 unspecified atom stereocenters. The van der Waals surface area contributed by atoms with E-state index in [1.807, 2.05) is 30.3 Å². The van der Waals surface area contributed by atoms with Crippen LogP contribution in [0.2, 0.25) is 5.02 Å². The summed E-state index contributed by atoms with van der Waals surface area (Å²) >= 11 is 10.4. The second kappa shape index (κ2) is 12.8. The molecule has 0 fully saturated rings. The van der Waals surface area contributed by atoms with Crippen LogP contribution in [0, 0.1) is 0 Å². The molecule has 198 valence electrons. The van der Waals surface area contributed by atoms with Crippen molar-refractivity contribution in [2.24, 2.45) is 0 Å². The second-order valence-electron chi connectivity index (χ2n) is 8.34. The van der Waals surface area contributed by atoms with E-state index in [9.17, 15) is 13.2 Å². The summed E-state index contributed by atoms with van der Waals surface area (Å²) in [5.41, 5.74) is 0.856. The molecule has 0 aliphatic rings. The van der Waals surface area contributed by atoms with Crippen molar-refractivity contribution in [2.45, 2.75) is 23.8 Å². The fraction of sp³-hybridized carbons (Fsp3) is 0.192. The minimum absolute atomic E-state index is 0.0560. The highest BCUT2D eigenvalue weighted by Crippen LogP contribution is 2.26. The molecule has 4 rings (SSSR count). The summed E-state index contributed by atoms with van der Waals surface area (Å²) in [6.07, 6.45) is 0.0560. The van der Waals surface area contributed by atoms with Crippen molar-refractivity contribution in [1.82, 2.24) is 14.5 Å². The molecule has 0 aliphatic heterocycles. The summed E-state index contributed by atoms with van der Waals surface area (Å²) < 4.78 is 34.0. The van der Waals surface area contributed by atoms with Crippen molar-refractivity contribution in [3.05, 3.63) is 98.9 Å². The first-order chi connectivity index (χ1) is 18.2. The molecule has 3 aromatic carbocycles. The van der Waals surface area contributed by atoms with Crippen molar-refractivity contribution in [2.75, 3.05) is 18.9 Å². The monoisotopic (exact) mass is 634 g/mol. The summed E-state index contributed by atoms with van der Waals surface area (Å²) in [6, 6.07) is 22.8. The SMILES string of the molecule is CN(CC(CC(=O)Nc1nnc(COc2ccc(Cl)cc2)s1)c1ccccc1)S(=O)(=O)c1ccc(Br)cc1. The van der Waals surface area contributed by atoms with Crippen molar-refractivity contribution in [3.63, 3.8) is 0 Å². The molecule has 12 heteroatoms. The number of hydrogen-bond donors (Lipinski definition) is 1. The molecular weight excluding hydrogens is 612 g/mol. The Bertz CT molecular complexity index is 1470. The number of nitrogens with zero attached hydrogens (tertiary/aromatic N) is 3. The molecule has 0 radical (unpaired) electrons. The first-order valence-electron chi connectivity index (χ1n) is 11.5. The first kappa shape index (κ1) is 28.2. The topological polar surface area (TPSA) is 101 Å². The molecular formula is C26H24BrClN4O4S2. The third kappa shape index (κ3) is 7.61. The van der Waals surface area contributed by atoms with Gasteiger partial charge in [-0.25, -0.2) is 12.7 Å². The van der Waals surface area contributed by atoms with Gasteiger partial charge >= 0.3 is 0 Å². The summed E-state index contributed by atoms with van der Waals surface area (Å²) in [4.78, 5) is 13.1. The number of rotatable bonds is 11. The molecule has 1 heterocycles. The molecule has 0 bridgehead atoms. The number of aromatic nitrogens is 2. The number of nitrogens with one attached hydrogen (secondary N) is 1. The lowest BCUT2D eigenvalue weighted by atomic mass is 9.95. The zero-order valence-electron chi connectivity index (χ0n) is 20.3. The molecule has 1 amide bonds. The number of halogens is 2. The predicted octanol–water partition coefficient (Wildman–Crippen LogP) is 5.97. The van der Waals surface area contributed by atoms with Gasteiger partial charge in [-0.15, -0.1) is 10.2 Å². The van der Waals surface area contributed by atoms with E-state index in [0.717, 1.165) is 10.0 Å². The number of anilines is 1. The zero-order valence-corrected chi connectivity index (χ0v) is 24.2. The Kier molecular flexibility index (Phi) is 9.50. The standard InChI is InChI=1S/C26H24BrClN4O4S2/c1-32(38(34,35)23-13-7-20(27)8-14-23)16-19(18-5-3-2-4-6-18)15-24(33)29-26-31-30-25(37-26)17-36-22-11-9-21(28)10-12-22/h2-14,19H,15-17H2,1H3,(H,29,31,33). The highest BCUT2D eigenvalue weighted by atomic mass is 79.9. The lowest BCUT2D eigenvalue weighted by Gasteiger charge is -2.24. The fourth-order valence-electron chi connectivity index (χ4n) is 3.64. The van der Waals surface area contributed by atoms with Crippen LogP contribution in [0.25, 0.3) is 0 Å². The largest absolute Gasteiger partial charge is 0.486 e. The molecule has 1 aromatic heterocycles. The first-order valence-corrected chi connectivity index (χ1v) is 14.9. The minimum atomic E-state index is -3.74. The lowest BCUT2D eigenvalue weighted by Crippen LogP contribution is -2.32. The van der Waals surface area contributed by atoms with Gasteiger partial charge in [-0.3, -0.25) is 4.79 Å². The van der Waals surface area contributed by atoms with Gasteiger partial charge in [-0.1, -0.05) is 69.2 Å². The fourth-order valence-corrected chi connectivity index (χ4v) is 5.92. The Morgan fingerprint density at radius 1 is 1.05 bits per heavy atom. The second-order valence-corrected chi connectivity index (χ2v) is 12.8. The summed E-state index contributed by atoms with van der Waals surface area (Å²) in [5.74, 6) is -0.0373. The van der Waals surface area contributed by atoms with Crippen molar-refractivity contribution < 1.29 is 17.9 Å². The Morgan fingerprint density at radius 3 is 2.42 bits per heavy atom. The van der Waals surface area contributed by atoms with Gasteiger partial charge in [-0.2, -0.15) is 0 Å². The van der Waals surface area contributed by atoms with E-state index in [-0.39, 0.29) is 36.3 Å². The van der Waals surface area contributed by atoms with Crippen LogP contribution >= 0.6 is 38.9 Å². The van der Waals surface area contributed by atoms with Gasteiger partial charge in [0.25, 0.3) is 0 Å². The molecule has 0 spiro atoms. The van der Waals surface area contributed by atoms with Crippen LogP contribution in [0.5, 0.6) is 5.75 Å². The highest BCUT2D eigenvalue weighted by molar-refractivity contribution is 9.10. The van der Waals surface area contributed by atoms with Crippen LogP contribution in [0.3, 0.4) is 0 Å². The molecule has 0 saturated heterocycles. The molecule has 4 aromatic rings. The highest BCUT2D eigenvalue weighted by Gasteiger charge is 2.26. The molecule has 0 aliphatic carbocycles. The van der Waals surface area contributed by atoms with Crippen LogP contribution in [-0.4, -0.2) is 42.4 Å².